The number of hydrogen-bond donors (Lipinski definition) is 0. The van der Waals surface area contributed by atoms with E-state index in [-0.39, 0.29) is 16.8 Å². The highest BCUT2D eigenvalue weighted by molar-refractivity contribution is 7.14. The van der Waals surface area contributed by atoms with E-state index < -0.39 is 0 Å². The normalized spacial score (nSPS) is 18.1. The van der Waals surface area contributed by atoms with Crippen LogP contribution in [0.15, 0.2) is 30.3 Å². The SMILES string of the molecule is CCOC(=O)c1ccc(C=C(C)c2ccc3c(c2)C(C)(C)CCC3(C)C)s1. The van der Waals surface area contributed by atoms with Crippen LogP contribution in [0.3, 0.4) is 0 Å². The lowest BCUT2D eigenvalue weighted by Gasteiger charge is -2.42. The molecule has 0 unspecified atom stereocenters. The van der Waals surface area contributed by atoms with Crippen molar-refractivity contribution in [2.45, 2.75) is 65.2 Å². The molecule has 1 aliphatic carbocycles. The van der Waals surface area contributed by atoms with E-state index in [4.69, 9.17) is 4.74 Å². The van der Waals surface area contributed by atoms with Crippen molar-refractivity contribution in [2.75, 3.05) is 6.61 Å². The Morgan fingerprint density at radius 1 is 1.07 bits per heavy atom. The average molecular weight is 383 g/mol. The molecule has 0 bridgehead atoms. The maximum absolute atomic E-state index is 11.9. The lowest BCUT2D eigenvalue weighted by atomic mass is 9.63. The van der Waals surface area contributed by atoms with Crippen LogP contribution in [-0.2, 0) is 15.6 Å². The molecule has 1 heterocycles. The summed E-state index contributed by atoms with van der Waals surface area (Å²) in [6.07, 6.45) is 4.61. The number of carbonyl (C=O) groups excluding carboxylic acids is 1. The molecule has 0 radical (unpaired) electrons. The molecule has 0 atom stereocenters. The molecule has 1 aromatic carbocycles. The zero-order valence-corrected chi connectivity index (χ0v) is 18.1. The smallest absolute Gasteiger partial charge is 0.348 e. The summed E-state index contributed by atoms with van der Waals surface area (Å²) in [6, 6.07) is 10.8. The number of fused-ring (bicyclic) bond motifs is 1. The number of carbonyl (C=O) groups is 1. The fraction of sp³-hybridized carbons (Fsp3) is 0.458. The van der Waals surface area contributed by atoms with Crippen LogP contribution in [0.4, 0.5) is 0 Å². The first kappa shape index (κ1) is 19.9. The second-order valence-electron chi connectivity index (χ2n) is 8.78. The van der Waals surface area contributed by atoms with Crippen LogP contribution < -0.4 is 0 Å². The maximum atomic E-state index is 11.9. The zero-order chi connectivity index (χ0) is 19.8. The molecule has 0 N–H and O–H groups in total. The molecule has 0 saturated heterocycles. The van der Waals surface area contributed by atoms with Crippen LogP contribution in [-0.4, -0.2) is 12.6 Å². The van der Waals surface area contributed by atoms with Crippen molar-refractivity contribution in [1.82, 2.24) is 0 Å². The van der Waals surface area contributed by atoms with Gasteiger partial charge in [0.1, 0.15) is 4.88 Å². The van der Waals surface area contributed by atoms with Gasteiger partial charge in [0.15, 0.2) is 0 Å². The van der Waals surface area contributed by atoms with Crippen molar-refractivity contribution in [2.24, 2.45) is 0 Å². The van der Waals surface area contributed by atoms with E-state index in [1.165, 1.54) is 46.4 Å². The van der Waals surface area contributed by atoms with Crippen LogP contribution in [0.5, 0.6) is 0 Å². The van der Waals surface area contributed by atoms with E-state index in [1.54, 1.807) is 0 Å². The number of rotatable bonds is 4. The summed E-state index contributed by atoms with van der Waals surface area (Å²) in [7, 11) is 0. The van der Waals surface area contributed by atoms with Crippen LogP contribution in [0.2, 0.25) is 0 Å². The third-order valence-electron chi connectivity index (χ3n) is 5.77. The summed E-state index contributed by atoms with van der Waals surface area (Å²) in [6.45, 7) is 13.8. The Bertz CT molecular complexity index is 884. The quantitative estimate of drug-likeness (QED) is 0.541. The first-order chi connectivity index (χ1) is 12.6. The van der Waals surface area contributed by atoms with Gasteiger partial charge >= 0.3 is 5.97 Å². The predicted molar refractivity (Wildman–Crippen MR) is 116 cm³/mol. The summed E-state index contributed by atoms with van der Waals surface area (Å²) in [4.78, 5) is 13.6. The first-order valence-corrected chi connectivity index (χ1v) is 10.6. The summed E-state index contributed by atoms with van der Waals surface area (Å²) >= 11 is 1.48. The van der Waals surface area contributed by atoms with Crippen molar-refractivity contribution in [3.05, 3.63) is 56.8 Å². The minimum absolute atomic E-state index is 0.209. The molecule has 1 aromatic heterocycles. The van der Waals surface area contributed by atoms with E-state index >= 15 is 0 Å². The Morgan fingerprint density at radius 3 is 2.41 bits per heavy atom. The number of ether oxygens (including phenoxy) is 1. The number of thiophene rings is 1. The highest BCUT2D eigenvalue weighted by Crippen LogP contribution is 2.46. The number of allylic oxidation sites excluding steroid dienone is 1. The standard InChI is InChI=1S/C24H30O2S/c1-7-26-22(25)21-11-9-18(27-21)14-16(2)17-8-10-19-20(15-17)24(5,6)13-12-23(19,3)4/h8-11,14-15H,7,12-13H2,1-6H3. The monoisotopic (exact) mass is 382 g/mol. The maximum Gasteiger partial charge on any atom is 0.348 e. The number of esters is 1. The topological polar surface area (TPSA) is 26.3 Å². The van der Waals surface area contributed by atoms with E-state index in [9.17, 15) is 4.79 Å². The van der Waals surface area contributed by atoms with Gasteiger partial charge in [0.25, 0.3) is 0 Å². The molecule has 1 aliphatic rings. The fourth-order valence-electron chi connectivity index (χ4n) is 3.87. The Labute approximate surface area is 167 Å². The molecule has 0 spiro atoms. The minimum atomic E-state index is -0.238. The van der Waals surface area contributed by atoms with Gasteiger partial charge in [-0.3, -0.25) is 0 Å². The molecule has 2 nitrogen and oxygen atoms in total. The molecule has 27 heavy (non-hydrogen) atoms. The molecule has 0 amide bonds. The van der Waals surface area contributed by atoms with E-state index in [0.717, 1.165) is 4.88 Å². The highest BCUT2D eigenvalue weighted by Gasteiger charge is 2.36. The predicted octanol–water partition coefficient (Wildman–Crippen LogP) is 6.83. The van der Waals surface area contributed by atoms with Crippen LogP contribution in [0, 0.1) is 0 Å². The molecular weight excluding hydrogens is 352 g/mol. The third-order valence-corrected chi connectivity index (χ3v) is 6.78. The summed E-state index contributed by atoms with van der Waals surface area (Å²) in [5.74, 6) is -0.238. The second kappa shape index (κ2) is 7.27. The first-order valence-electron chi connectivity index (χ1n) is 9.75. The van der Waals surface area contributed by atoms with Crippen molar-refractivity contribution >= 4 is 29.0 Å². The van der Waals surface area contributed by atoms with Crippen LogP contribution >= 0.6 is 11.3 Å². The molecule has 0 fully saturated rings. The van der Waals surface area contributed by atoms with Gasteiger partial charge in [-0.2, -0.15) is 0 Å². The van der Waals surface area contributed by atoms with Gasteiger partial charge in [-0.1, -0.05) is 45.9 Å². The minimum Gasteiger partial charge on any atom is -0.462 e. The van der Waals surface area contributed by atoms with E-state index in [1.807, 2.05) is 19.1 Å². The Balaban J connectivity index is 1.93. The summed E-state index contributed by atoms with van der Waals surface area (Å²) in [5.41, 5.74) is 5.88. The van der Waals surface area contributed by atoms with Crippen LogP contribution in [0.25, 0.3) is 11.6 Å². The fourth-order valence-corrected chi connectivity index (χ4v) is 4.78. The molecule has 0 aliphatic heterocycles. The van der Waals surface area contributed by atoms with Gasteiger partial charge < -0.3 is 4.74 Å². The van der Waals surface area contributed by atoms with E-state index in [0.29, 0.717) is 11.5 Å². The van der Waals surface area contributed by atoms with E-state index in [2.05, 4.69) is 58.9 Å². The van der Waals surface area contributed by atoms with Gasteiger partial charge in [0, 0.05) is 4.88 Å². The molecule has 3 heteroatoms. The molecule has 144 valence electrons. The molecule has 0 saturated carbocycles. The lowest BCUT2D eigenvalue weighted by molar-refractivity contribution is 0.0532. The van der Waals surface area contributed by atoms with Gasteiger partial charge in [-0.25, -0.2) is 4.79 Å². The lowest BCUT2D eigenvalue weighted by Crippen LogP contribution is -2.33. The van der Waals surface area contributed by atoms with Crippen molar-refractivity contribution < 1.29 is 9.53 Å². The van der Waals surface area contributed by atoms with Crippen molar-refractivity contribution in [1.29, 1.82) is 0 Å². The Hall–Kier alpha value is -1.87. The van der Waals surface area contributed by atoms with Crippen LogP contribution in [0.1, 0.15) is 85.6 Å². The highest BCUT2D eigenvalue weighted by atomic mass is 32.1. The largest absolute Gasteiger partial charge is 0.462 e. The average Bonchev–Trinajstić information content (AvgIpc) is 3.07. The molecule has 3 rings (SSSR count). The number of hydrogen-bond acceptors (Lipinski definition) is 3. The van der Waals surface area contributed by atoms with Gasteiger partial charge in [-0.05, 0) is 78.0 Å². The Morgan fingerprint density at radius 2 is 1.74 bits per heavy atom. The second-order valence-corrected chi connectivity index (χ2v) is 9.89. The van der Waals surface area contributed by atoms with Gasteiger partial charge in [0.05, 0.1) is 6.61 Å². The third kappa shape index (κ3) is 4.03. The summed E-state index contributed by atoms with van der Waals surface area (Å²) < 4.78 is 5.09. The molecular formula is C24H30O2S. The van der Waals surface area contributed by atoms with Gasteiger partial charge in [-0.15, -0.1) is 11.3 Å². The van der Waals surface area contributed by atoms with Crippen molar-refractivity contribution in [3.8, 4) is 0 Å². The zero-order valence-electron chi connectivity index (χ0n) is 17.3. The van der Waals surface area contributed by atoms with Crippen molar-refractivity contribution in [3.63, 3.8) is 0 Å². The Kier molecular flexibility index (Phi) is 5.36. The number of benzene rings is 1. The molecule has 2 aromatic rings. The summed E-state index contributed by atoms with van der Waals surface area (Å²) in [5, 5.41) is 0. The van der Waals surface area contributed by atoms with Gasteiger partial charge in [0.2, 0.25) is 0 Å².